The number of H-pyrrole nitrogens is 2. The van der Waals surface area contributed by atoms with Crippen LogP contribution in [0.15, 0.2) is 39.9 Å². The lowest BCUT2D eigenvalue weighted by Crippen LogP contribution is -2.40. The van der Waals surface area contributed by atoms with E-state index in [9.17, 15) is 14.4 Å². The Morgan fingerprint density at radius 3 is 2.52 bits per heavy atom. The van der Waals surface area contributed by atoms with E-state index in [1.54, 1.807) is 6.92 Å². The molecule has 0 spiro atoms. The molecule has 0 aliphatic heterocycles. The highest BCUT2D eigenvalue weighted by molar-refractivity contribution is 5.76. The normalized spacial score (nSPS) is 11.8. The number of aromatic amines is 2. The largest absolute Gasteiger partial charge is 0.370 e. The van der Waals surface area contributed by atoms with Crippen LogP contribution in [0.3, 0.4) is 0 Å². The number of nitrogens with one attached hydrogen (secondary N) is 3. The van der Waals surface area contributed by atoms with Gasteiger partial charge in [0.25, 0.3) is 5.56 Å². The van der Waals surface area contributed by atoms with Gasteiger partial charge in [-0.25, -0.2) is 4.79 Å². The van der Waals surface area contributed by atoms with Gasteiger partial charge in [-0.2, -0.15) is 0 Å². The van der Waals surface area contributed by atoms with Gasteiger partial charge in [0.1, 0.15) is 0 Å². The van der Waals surface area contributed by atoms with Crippen LogP contribution in [0.5, 0.6) is 0 Å². The molecule has 0 radical (unpaired) electrons. The third-order valence-electron chi connectivity index (χ3n) is 4.28. The van der Waals surface area contributed by atoms with Gasteiger partial charge in [-0.15, -0.1) is 0 Å². The van der Waals surface area contributed by atoms with Gasteiger partial charge >= 0.3 is 5.69 Å². The van der Waals surface area contributed by atoms with Gasteiger partial charge in [0.15, 0.2) is 0 Å². The summed E-state index contributed by atoms with van der Waals surface area (Å²) in [6.07, 6.45) is 0.477. The van der Waals surface area contributed by atoms with Crippen molar-refractivity contribution in [2.75, 3.05) is 18.5 Å². The number of aromatic nitrogens is 2. The first kappa shape index (κ1) is 18.5. The zero-order valence-electron chi connectivity index (χ0n) is 14.8. The lowest BCUT2D eigenvalue weighted by Gasteiger charge is -2.27. The highest BCUT2D eigenvalue weighted by atomic mass is 16.2. The molecule has 1 aromatic carbocycles. The van der Waals surface area contributed by atoms with Crippen LogP contribution in [-0.4, -0.2) is 35.5 Å². The summed E-state index contributed by atoms with van der Waals surface area (Å²) in [5.74, 6) is -0.127. The van der Waals surface area contributed by atoms with Crippen LogP contribution in [0.2, 0.25) is 0 Å². The van der Waals surface area contributed by atoms with Gasteiger partial charge in [0.2, 0.25) is 5.91 Å². The highest BCUT2D eigenvalue weighted by Crippen LogP contribution is 2.13. The minimum absolute atomic E-state index is 0.127. The summed E-state index contributed by atoms with van der Waals surface area (Å²) in [7, 11) is 1.98. The fourth-order valence-electron chi connectivity index (χ4n) is 2.57. The zero-order valence-corrected chi connectivity index (χ0v) is 14.8. The summed E-state index contributed by atoms with van der Waals surface area (Å²) >= 11 is 0. The molecule has 1 atom stereocenters. The highest BCUT2D eigenvalue weighted by Gasteiger charge is 2.13. The van der Waals surface area contributed by atoms with Crippen LogP contribution in [-0.2, 0) is 11.2 Å². The van der Waals surface area contributed by atoms with Crippen molar-refractivity contribution in [3.8, 4) is 0 Å². The van der Waals surface area contributed by atoms with E-state index in [2.05, 4.69) is 20.2 Å². The zero-order chi connectivity index (χ0) is 18.4. The molecule has 0 saturated carbocycles. The number of aryl methyl sites for hydroxylation is 1. The molecule has 3 N–H and O–H groups in total. The Bertz CT molecular complexity index is 826. The van der Waals surface area contributed by atoms with Gasteiger partial charge in [-0.05, 0) is 32.4 Å². The molecule has 7 nitrogen and oxygen atoms in total. The van der Waals surface area contributed by atoms with Crippen LogP contribution in [0.25, 0.3) is 0 Å². The summed E-state index contributed by atoms with van der Waals surface area (Å²) in [5, 5.41) is 2.89. The maximum atomic E-state index is 12.1. The molecule has 1 heterocycles. The molecule has 1 amide bonds. The summed E-state index contributed by atoms with van der Waals surface area (Å²) in [6.45, 7) is 4.19. The molecule has 2 rings (SSSR count). The second-order valence-corrected chi connectivity index (χ2v) is 6.11. The summed E-state index contributed by atoms with van der Waals surface area (Å²) < 4.78 is 0. The Labute approximate surface area is 146 Å². The molecule has 0 aliphatic carbocycles. The molecule has 0 fully saturated rings. The summed E-state index contributed by atoms with van der Waals surface area (Å²) in [6, 6.07) is 10.1. The maximum absolute atomic E-state index is 12.1. The molecular weight excluding hydrogens is 320 g/mol. The van der Waals surface area contributed by atoms with Crippen LogP contribution in [0.1, 0.15) is 24.6 Å². The lowest BCUT2D eigenvalue weighted by atomic mass is 10.1. The number of carbonyl (C=O) groups excluding carboxylic acids is 1. The monoisotopic (exact) mass is 344 g/mol. The van der Waals surface area contributed by atoms with E-state index in [0.717, 1.165) is 5.69 Å². The standard InChI is InChI=1S/C18H24N4O3/c1-12(22(3)14-7-5-4-6-8-14)11-19-16(23)10-9-15-13(2)20-18(25)21-17(15)24/h4-8,12H,9-11H2,1-3H3,(H,19,23)(H2,20,21,24,25)/t12-/m1/s1. The number of para-hydroxylation sites is 1. The molecule has 7 heteroatoms. The average Bonchev–Trinajstić information content (AvgIpc) is 2.58. The number of hydrogen-bond donors (Lipinski definition) is 3. The Balaban J connectivity index is 1.85. The van der Waals surface area contributed by atoms with Crippen LogP contribution >= 0.6 is 0 Å². The number of rotatable bonds is 7. The quantitative estimate of drug-likeness (QED) is 0.696. The van der Waals surface area contributed by atoms with Gasteiger partial charge in [-0.1, -0.05) is 18.2 Å². The molecule has 2 aromatic rings. The van der Waals surface area contributed by atoms with E-state index in [0.29, 0.717) is 17.8 Å². The Kier molecular flexibility index (Phi) is 6.16. The van der Waals surface area contributed by atoms with Crippen molar-refractivity contribution < 1.29 is 4.79 Å². The number of anilines is 1. The molecule has 1 aromatic heterocycles. The molecule has 0 bridgehead atoms. The predicted octanol–water partition coefficient (Wildman–Crippen LogP) is 0.945. The molecular formula is C18H24N4O3. The predicted molar refractivity (Wildman–Crippen MR) is 98.1 cm³/mol. The van der Waals surface area contributed by atoms with Crippen molar-refractivity contribution in [2.24, 2.45) is 0 Å². The third kappa shape index (κ3) is 5.07. The smallest absolute Gasteiger partial charge is 0.325 e. The SMILES string of the molecule is Cc1[nH]c(=O)[nH]c(=O)c1CCC(=O)NC[C@@H](C)N(C)c1ccccc1. The fraction of sp³-hybridized carbons (Fsp3) is 0.389. The Hall–Kier alpha value is -2.83. The minimum atomic E-state index is -0.534. The van der Waals surface area contributed by atoms with Gasteiger partial charge in [-0.3, -0.25) is 14.6 Å². The second kappa shape index (κ2) is 8.32. The maximum Gasteiger partial charge on any atom is 0.325 e. The van der Waals surface area contributed by atoms with E-state index in [-0.39, 0.29) is 24.8 Å². The number of nitrogens with zero attached hydrogens (tertiary/aromatic N) is 1. The molecule has 0 aliphatic rings. The second-order valence-electron chi connectivity index (χ2n) is 6.11. The van der Waals surface area contributed by atoms with Crippen molar-refractivity contribution in [1.29, 1.82) is 0 Å². The average molecular weight is 344 g/mol. The van der Waals surface area contributed by atoms with Crippen LogP contribution < -0.4 is 21.5 Å². The van der Waals surface area contributed by atoms with Crippen LogP contribution in [0, 0.1) is 6.92 Å². The Morgan fingerprint density at radius 2 is 1.88 bits per heavy atom. The topological polar surface area (TPSA) is 98.1 Å². The van der Waals surface area contributed by atoms with E-state index in [4.69, 9.17) is 0 Å². The summed E-state index contributed by atoms with van der Waals surface area (Å²) in [4.78, 5) is 41.8. The first-order valence-corrected chi connectivity index (χ1v) is 8.25. The number of amides is 1. The van der Waals surface area contributed by atoms with Crippen molar-refractivity contribution in [1.82, 2.24) is 15.3 Å². The van der Waals surface area contributed by atoms with Crippen molar-refractivity contribution >= 4 is 11.6 Å². The molecule has 0 saturated heterocycles. The molecule has 0 unspecified atom stereocenters. The number of likely N-dealkylation sites (N-methyl/N-ethyl adjacent to an activating group) is 1. The van der Waals surface area contributed by atoms with E-state index < -0.39 is 11.2 Å². The van der Waals surface area contributed by atoms with Crippen molar-refractivity contribution in [3.63, 3.8) is 0 Å². The summed E-state index contributed by atoms with van der Waals surface area (Å²) in [5.41, 5.74) is 1.04. The number of carbonyl (C=O) groups is 1. The lowest BCUT2D eigenvalue weighted by molar-refractivity contribution is -0.121. The van der Waals surface area contributed by atoms with Gasteiger partial charge < -0.3 is 15.2 Å². The van der Waals surface area contributed by atoms with Crippen molar-refractivity contribution in [3.05, 3.63) is 62.4 Å². The van der Waals surface area contributed by atoms with Gasteiger partial charge in [0, 0.05) is 43.0 Å². The van der Waals surface area contributed by atoms with E-state index in [1.165, 1.54) is 0 Å². The third-order valence-corrected chi connectivity index (χ3v) is 4.28. The molecule has 25 heavy (non-hydrogen) atoms. The number of hydrogen-bond acceptors (Lipinski definition) is 4. The minimum Gasteiger partial charge on any atom is -0.370 e. The fourth-order valence-corrected chi connectivity index (χ4v) is 2.57. The molecule has 134 valence electrons. The van der Waals surface area contributed by atoms with E-state index >= 15 is 0 Å². The van der Waals surface area contributed by atoms with Crippen molar-refractivity contribution in [2.45, 2.75) is 32.7 Å². The van der Waals surface area contributed by atoms with E-state index in [1.807, 2.05) is 44.3 Å². The first-order valence-electron chi connectivity index (χ1n) is 8.25. The first-order chi connectivity index (χ1) is 11.9. The van der Waals surface area contributed by atoms with Gasteiger partial charge in [0.05, 0.1) is 0 Å². The number of benzene rings is 1. The van der Waals surface area contributed by atoms with Crippen LogP contribution in [0.4, 0.5) is 5.69 Å². The Morgan fingerprint density at radius 1 is 1.20 bits per heavy atom.